The third-order valence-corrected chi connectivity index (χ3v) is 3.67. The van der Waals surface area contributed by atoms with Gasteiger partial charge in [0.1, 0.15) is 0 Å². The molecule has 1 rings (SSSR count). The summed E-state index contributed by atoms with van der Waals surface area (Å²) in [6.45, 7) is 5.60. The van der Waals surface area contributed by atoms with Crippen LogP contribution in [-0.4, -0.2) is 17.5 Å². The van der Waals surface area contributed by atoms with E-state index in [1.165, 1.54) is 12.1 Å². The van der Waals surface area contributed by atoms with E-state index in [1.807, 2.05) is 20.8 Å². The maximum Gasteiger partial charge on any atom is 0.430 e. The van der Waals surface area contributed by atoms with Crippen LogP contribution >= 0.6 is 0 Å². The first-order chi connectivity index (χ1) is 9.32. The van der Waals surface area contributed by atoms with Gasteiger partial charge in [0.2, 0.25) is 0 Å². The lowest BCUT2D eigenvalue weighted by Gasteiger charge is -2.32. The van der Waals surface area contributed by atoms with Crippen LogP contribution in [0.15, 0.2) is 24.3 Å². The molecule has 0 saturated carbocycles. The van der Waals surface area contributed by atoms with Crippen molar-refractivity contribution < 1.29 is 31.4 Å². The van der Waals surface area contributed by atoms with Gasteiger partial charge >= 0.3 is 12.4 Å². The third kappa shape index (κ3) is 3.17. The minimum atomic E-state index is -5.85. The molecule has 0 heterocycles. The number of halogens is 6. The molecule has 1 nitrogen and oxygen atoms in total. The number of benzene rings is 1. The molecule has 0 spiro atoms. The van der Waals surface area contributed by atoms with E-state index < -0.39 is 23.5 Å². The maximum atomic E-state index is 12.7. The van der Waals surface area contributed by atoms with Crippen LogP contribution in [0.2, 0.25) is 0 Å². The average molecular weight is 314 g/mol. The standard InChI is InChI=1S/C14H16F6O/c1-8(2)9(3)10-4-6-11(7-5-10)12(21,13(15,16)17)14(18,19)20/h4-9,21H,1-3H3. The summed E-state index contributed by atoms with van der Waals surface area (Å²) < 4.78 is 76.2. The maximum absolute atomic E-state index is 12.7. The Balaban J connectivity index is 3.31. The summed E-state index contributed by atoms with van der Waals surface area (Å²) in [5.41, 5.74) is -5.48. The topological polar surface area (TPSA) is 20.2 Å². The molecular formula is C14H16F6O. The largest absolute Gasteiger partial charge is 0.430 e. The first-order valence-corrected chi connectivity index (χ1v) is 6.28. The van der Waals surface area contributed by atoms with Gasteiger partial charge in [-0.3, -0.25) is 0 Å². The highest BCUT2D eigenvalue weighted by molar-refractivity contribution is 5.31. The smallest absolute Gasteiger partial charge is 0.369 e. The molecule has 0 aromatic heterocycles. The highest BCUT2D eigenvalue weighted by Crippen LogP contribution is 2.50. The van der Waals surface area contributed by atoms with Crippen LogP contribution < -0.4 is 0 Å². The Labute approximate surface area is 118 Å². The zero-order valence-corrected chi connectivity index (χ0v) is 11.7. The SMILES string of the molecule is CC(C)C(C)c1ccc(C(O)(C(F)(F)F)C(F)(F)F)cc1. The predicted octanol–water partition coefficient (Wildman–Crippen LogP) is 4.76. The second-order valence-corrected chi connectivity index (χ2v) is 5.36. The molecule has 120 valence electrons. The Morgan fingerprint density at radius 1 is 0.810 bits per heavy atom. The van der Waals surface area contributed by atoms with E-state index in [1.54, 1.807) is 0 Å². The Kier molecular flexibility index (Phi) is 4.68. The van der Waals surface area contributed by atoms with Crippen molar-refractivity contribution in [2.24, 2.45) is 5.92 Å². The summed E-state index contributed by atoms with van der Waals surface area (Å²) in [5, 5.41) is 9.24. The summed E-state index contributed by atoms with van der Waals surface area (Å²) in [5.74, 6) is 0.156. The lowest BCUT2D eigenvalue weighted by molar-refractivity contribution is -0.376. The summed E-state index contributed by atoms with van der Waals surface area (Å²) in [4.78, 5) is 0. The van der Waals surface area contributed by atoms with Gasteiger partial charge in [-0.1, -0.05) is 45.0 Å². The fourth-order valence-electron chi connectivity index (χ4n) is 1.90. The number of hydrogen-bond acceptors (Lipinski definition) is 1. The fraction of sp³-hybridized carbons (Fsp3) is 0.571. The molecule has 0 saturated heterocycles. The van der Waals surface area contributed by atoms with Crippen molar-refractivity contribution in [1.29, 1.82) is 0 Å². The van der Waals surface area contributed by atoms with Gasteiger partial charge in [0.15, 0.2) is 0 Å². The van der Waals surface area contributed by atoms with Gasteiger partial charge in [-0.05, 0) is 17.4 Å². The Morgan fingerprint density at radius 2 is 1.19 bits per heavy atom. The number of aliphatic hydroxyl groups is 1. The number of hydrogen-bond donors (Lipinski definition) is 1. The van der Waals surface area contributed by atoms with E-state index in [4.69, 9.17) is 0 Å². The molecule has 0 radical (unpaired) electrons. The van der Waals surface area contributed by atoms with Crippen LogP contribution in [0.25, 0.3) is 0 Å². The van der Waals surface area contributed by atoms with Crippen molar-refractivity contribution in [3.8, 4) is 0 Å². The molecular weight excluding hydrogens is 298 g/mol. The van der Waals surface area contributed by atoms with Gasteiger partial charge < -0.3 is 5.11 Å². The van der Waals surface area contributed by atoms with Gasteiger partial charge in [-0.15, -0.1) is 0 Å². The second kappa shape index (κ2) is 5.51. The average Bonchev–Trinajstić information content (AvgIpc) is 2.34. The third-order valence-electron chi connectivity index (χ3n) is 3.67. The summed E-state index contributed by atoms with van der Waals surface area (Å²) in [6, 6.07) is 3.72. The Bertz CT molecular complexity index is 458. The van der Waals surface area contributed by atoms with E-state index in [9.17, 15) is 31.4 Å². The van der Waals surface area contributed by atoms with Crippen molar-refractivity contribution >= 4 is 0 Å². The molecule has 0 amide bonds. The molecule has 0 bridgehead atoms. The highest BCUT2D eigenvalue weighted by Gasteiger charge is 2.71. The molecule has 1 atom stereocenters. The van der Waals surface area contributed by atoms with Crippen LogP contribution in [0.4, 0.5) is 26.3 Å². The molecule has 1 N–H and O–H groups in total. The molecule has 0 aliphatic heterocycles. The van der Waals surface area contributed by atoms with E-state index in [0.717, 1.165) is 0 Å². The number of alkyl halides is 6. The van der Waals surface area contributed by atoms with Crippen molar-refractivity contribution in [1.82, 2.24) is 0 Å². The molecule has 0 aliphatic carbocycles. The van der Waals surface area contributed by atoms with Crippen LogP contribution in [-0.2, 0) is 5.60 Å². The zero-order valence-electron chi connectivity index (χ0n) is 11.7. The van der Waals surface area contributed by atoms with Crippen LogP contribution in [0.3, 0.4) is 0 Å². The summed E-state index contributed by atoms with van der Waals surface area (Å²) >= 11 is 0. The monoisotopic (exact) mass is 314 g/mol. The van der Waals surface area contributed by atoms with Gasteiger partial charge in [-0.2, -0.15) is 26.3 Å². The predicted molar refractivity (Wildman–Crippen MR) is 65.7 cm³/mol. The lowest BCUT2D eigenvalue weighted by atomic mass is 9.86. The Morgan fingerprint density at radius 3 is 1.48 bits per heavy atom. The summed E-state index contributed by atoms with van der Waals surface area (Å²) in [6.07, 6.45) is -11.7. The lowest BCUT2D eigenvalue weighted by Crippen LogP contribution is -2.53. The van der Waals surface area contributed by atoms with E-state index in [2.05, 4.69) is 0 Å². The van der Waals surface area contributed by atoms with Crippen LogP contribution in [0.1, 0.15) is 37.8 Å². The van der Waals surface area contributed by atoms with Gasteiger partial charge in [-0.25, -0.2) is 0 Å². The molecule has 1 unspecified atom stereocenters. The molecule has 0 aliphatic rings. The molecule has 21 heavy (non-hydrogen) atoms. The van der Waals surface area contributed by atoms with Crippen molar-refractivity contribution in [2.45, 2.75) is 44.6 Å². The van der Waals surface area contributed by atoms with Crippen molar-refractivity contribution in [3.05, 3.63) is 35.4 Å². The fourth-order valence-corrected chi connectivity index (χ4v) is 1.90. The van der Waals surface area contributed by atoms with Crippen LogP contribution in [0.5, 0.6) is 0 Å². The van der Waals surface area contributed by atoms with Gasteiger partial charge in [0, 0.05) is 5.56 Å². The van der Waals surface area contributed by atoms with E-state index >= 15 is 0 Å². The zero-order chi connectivity index (χ0) is 16.6. The molecule has 0 fully saturated rings. The minimum Gasteiger partial charge on any atom is -0.369 e. The molecule has 1 aromatic carbocycles. The van der Waals surface area contributed by atoms with Crippen molar-refractivity contribution in [3.63, 3.8) is 0 Å². The minimum absolute atomic E-state index is 0.0242. The summed E-state index contributed by atoms with van der Waals surface area (Å²) in [7, 11) is 0. The second-order valence-electron chi connectivity index (χ2n) is 5.36. The first-order valence-electron chi connectivity index (χ1n) is 6.28. The highest BCUT2D eigenvalue weighted by atomic mass is 19.4. The first kappa shape index (κ1) is 17.8. The van der Waals surface area contributed by atoms with Crippen LogP contribution in [0, 0.1) is 5.92 Å². The Hall–Kier alpha value is -1.24. The normalized spacial score (nSPS) is 15.4. The quantitative estimate of drug-likeness (QED) is 0.798. The van der Waals surface area contributed by atoms with Crippen molar-refractivity contribution in [2.75, 3.05) is 0 Å². The number of rotatable bonds is 3. The molecule has 1 aromatic rings. The van der Waals surface area contributed by atoms with Gasteiger partial charge in [0.05, 0.1) is 0 Å². The molecule has 7 heteroatoms. The van der Waals surface area contributed by atoms with E-state index in [0.29, 0.717) is 17.7 Å². The van der Waals surface area contributed by atoms with Gasteiger partial charge in [0.25, 0.3) is 5.60 Å². The van der Waals surface area contributed by atoms with E-state index in [-0.39, 0.29) is 11.8 Å².